The summed E-state index contributed by atoms with van der Waals surface area (Å²) >= 11 is 0. The van der Waals surface area contributed by atoms with Gasteiger partial charge in [0.1, 0.15) is 5.75 Å². The quantitative estimate of drug-likeness (QED) is 0.750. The minimum atomic E-state index is 0.513. The van der Waals surface area contributed by atoms with E-state index >= 15 is 0 Å². The van der Waals surface area contributed by atoms with Crippen LogP contribution in [0.15, 0.2) is 28.7 Å². The lowest BCUT2D eigenvalue weighted by Crippen LogP contribution is -2.16. The third-order valence-electron chi connectivity index (χ3n) is 2.98. The number of nitrogens with one attached hydrogen (secondary N) is 1. The first-order valence-corrected chi connectivity index (χ1v) is 7.01. The zero-order valence-electron chi connectivity index (χ0n) is 12.1. The highest BCUT2D eigenvalue weighted by molar-refractivity contribution is 5.62. The minimum Gasteiger partial charge on any atom is -0.496 e. The predicted molar refractivity (Wildman–Crippen MR) is 77.8 cm³/mol. The van der Waals surface area contributed by atoms with Gasteiger partial charge in [0.25, 0.3) is 5.89 Å². The minimum absolute atomic E-state index is 0.513. The lowest BCUT2D eigenvalue weighted by Gasteiger charge is -2.03. The smallest absolute Gasteiger partial charge is 0.251 e. The van der Waals surface area contributed by atoms with Gasteiger partial charge in [-0.05, 0) is 38.1 Å². The third-order valence-corrected chi connectivity index (χ3v) is 2.98. The maximum absolute atomic E-state index is 5.69. The van der Waals surface area contributed by atoms with Crippen LogP contribution in [0.2, 0.25) is 0 Å². The molecule has 0 spiro atoms. The number of hydrogen-bond donors (Lipinski definition) is 1. The molecule has 0 aliphatic rings. The van der Waals surface area contributed by atoms with E-state index in [1.807, 2.05) is 24.3 Å². The molecule has 108 valence electrons. The van der Waals surface area contributed by atoms with Crippen LogP contribution in [0.25, 0.3) is 11.5 Å². The van der Waals surface area contributed by atoms with Crippen molar-refractivity contribution in [2.24, 2.45) is 0 Å². The van der Waals surface area contributed by atoms with Crippen molar-refractivity contribution in [1.29, 1.82) is 0 Å². The molecule has 0 bridgehead atoms. The normalized spacial score (nSPS) is 10.7. The second kappa shape index (κ2) is 7.65. The SMILES string of the molecule is CCCNCCCc1nnc(-c2ccccc2OC)o1. The number of hydrogen-bond acceptors (Lipinski definition) is 5. The summed E-state index contributed by atoms with van der Waals surface area (Å²) < 4.78 is 11.0. The molecule has 0 atom stereocenters. The van der Waals surface area contributed by atoms with Crippen molar-refractivity contribution in [3.05, 3.63) is 30.2 Å². The molecular formula is C15H21N3O2. The van der Waals surface area contributed by atoms with Gasteiger partial charge in [0.05, 0.1) is 12.7 Å². The summed E-state index contributed by atoms with van der Waals surface area (Å²) in [6, 6.07) is 7.64. The highest BCUT2D eigenvalue weighted by atomic mass is 16.5. The van der Waals surface area contributed by atoms with Crippen molar-refractivity contribution in [3.8, 4) is 17.2 Å². The van der Waals surface area contributed by atoms with E-state index in [9.17, 15) is 0 Å². The fraction of sp³-hybridized carbons (Fsp3) is 0.467. The molecule has 1 aromatic heterocycles. The standard InChI is InChI=1S/C15H21N3O2/c1-3-10-16-11-6-9-14-17-18-15(20-14)12-7-4-5-8-13(12)19-2/h4-5,7-8,16H,3,6,9-11H2,1-2H3. The number of nitrogens with zero attached hydrogens (tertiary/aromatic N) is 2. The Bertz CT molecular complexity index is 525. The summed E-state index contributed by atoms with van der Waals surface area (Å²) in [5.41, 5.74) is 0.831. The van der Waals surface area contributed by atoms with Gasteiger partial charge < -0.3 is 14.5 Å². The van der Waals surface area contributed by atoms with Crippen molar-refractivity contribution >= 4 is 0 Å². The highest BCUT2D eigenvalue weighted by Gasteiger charge is 2.12. The number of methoxy groups -OCH3 is 1. The maximum atomic E-state index is 5.69. The summed E-state index contributed by atoms with van der Waals surface area (Å²) in [5, 5.41) is 11.5. The first kappa shape index (κ1) is 14.5. The van der Waals surface area contributed by atoms with Gasteiger partial charge in [-0.15, -0.1) is 10.2 Å². The summed E-state index contributed by atoms with van der Waals surface area (Å²) in [6.07, 6.45) is 2.94. The topological polar surface area (TPSA) is 60.2 Å². The Morgan fingerprint density at radius 3 is 2.85 bits per heavy atom. The van der Waals surface area contributed by atoms with Gasteiger partial charge in [-0.3, -0.25) is 0 Å². The van der Waals surface area contributed by atoms with Gasteiger partial charge >= 0.3 is 0 Å². The molecule has 0 saturated carbocycles. The molecule has 5 heteroatoms. The van der Waals surface area contributed by atoms with Crippen LogP contribution in [0, 0.1) is 0 Å². The second-order valence-corrected chi connectivity index (χ2v) is 4.55. The molecule has 0 amide bonds. The van der Waals surface area contributed by atoms with E-state index < -0.39 is 0 Å². The molecule has 20 heavy (non-hydrogen) atoms. The number of rotatable bonds is 8. The lowest BCUT2D eigenvalue weighted by atomic mass is 10.2. The number of para-hydroxylation sites is 1. The zero-order chi connectivity index (χ0) is 14.2. The van der Waals surface area contributed by atoms with E-state index in [4.69, 9.17) is 9.15 Å². The molecule has 5 nitrogen and oxygen atoms in total. The van der Waals surface area contributed by atoms with Gasteiger partial charge in [-0.2, -0.15) is 0 Å². The summed E-state index contributed by atoms with van der Waals surface area (Å²) in [7, 11) is 1.63. The van der Waals surface area contributed by atoms with Gasteiger partial charge in [-0.25, -0.2) is 0 Å². The summed E-state index contributed by atoms with van der Waals surface area (Å²) in [5.74, 6) is 1.93. The van der Waals surface area contributed by atoms with Crippen LogP contribution >= 0.6 is 0 Å². The van der Waals surface area contributed by atoms with Gasteiger partial charge in [0.2, 0.25) is 5.89 Å². The van der Waals surface area contributed by atoms with Crippen LogP contribution in [-0.2, 0) is 6.42 Å². The largest absolute Gasteiger partial charge is 0.496 e. The number of aryl methyl sites for hydroxylation is 1. The van der Waals surface area contributed by atoms with E-state index in [-0.39, 0.29) is 0 Å². The van der Waals surface area contributed by atoms with Crippen molar-refractivity contribution < 1.29 is 9.15 Å². The Hall–Kier alpha value is -1.88. The lowest BCUT2D eigenvalue weighted by molar-refractivity contribution is 0.413. The molecule has 0 unspecified atom stereocenters. The number of ether oxygens (including phenoxy) is 1. The van der Waals surface area contributed by atoms with Crippen LogP contribution in [-0.4, -0.2) is 30.4 Å². The zero-order valence-corrected chi connectivity index (χ0v) is 12.1. The monoisotopic (exact) mass is 275 g/mol. The highest BCUT2D eigenvalue weighted by Crippen LogP contribution is 2.28. The van der Waals surface area contributed by atoms with E-state index in [1.165, 1.54) is 0 Å². The molecule has 1 heterocycles. The van der Waals surface area contributed by atoms with Gasteiger partial charge in [-0.1, -0.05) is 19.1 Å². The van der Waals surface area contributed by atoms with Crippen molar-refractivity contribution in [2.75, 3.05) is 20.2 Å². The second-order valence-electron chi connectivity index (χ2n) is 4.55. The van der Waals surface area contributed by atoms with Crippen LogP contribution in [0.5, 0.6) is 5.75 Å². The fourth-order valence-electron chi connectivity index (χ4n) is 1.95. The molecule has 0 radical (unpaired) electrons. The molecular weight excluding hydrogens is 254 g/mol. The van der Waals surface area contributed by atoms with Crippen molar-refractivity contribution in [1.82, 2.24) is 15.5 Å². The van der Waals surface area contributed by atoms with E-state index in [0.717, 1.165) is 43.7 Å². The predicted octanol–water partition coefficient (Wildman–Crippen LogP) is 2.68. The van der Waals surface area contributed by atoms with Crippen LogP contribution in [0.1, 0.15) is 25.7 Å². The molecule has 2 aromatic rings. The average Bonchev–Trinajstić information content (AvgIpc) is 2.95. The van der Waals surface area contributed by atoms with Crippen LogP contribution in [0.3, 0.4) is 0 Å². The summed E-state index contributed by atoms with van der Waals surface area (Å²) in [4.78, 5) is 0. The van der Waals surface area contributed by atoms with E-state index in [2.05, 4.69) is 22.4 Å². The third kappa shape index (κ3) is 3.81. The van der Waals surface area contributed by atoms with E-state index in [0.29, 0.717) is 11.8 Å². The first-order chi connectivity index (χ1) is 9.85. The average molecular weight is 275 g/mol. The van der Waals surface area contributed by atoms with Crippen LogP contribution in [0.4, 0.5) is 0 Å². The Kier molecular flexibility index (Phi) is 5.55. The molecule has 1 aromatic carbocycles. The summed E-state index contributed by atoms with van der Waals surface area (Å²) in [6.45, 7) is 4.18. The Morgan fingerprint density at radius 1 is 1.20 bits per heavy atom. The Labute approximate surface area is 119 Å². The fourth-order valence-corrected chi connectivity index (χ4v) is 1.95. The Balaban J connectivity index is 1.95. The molecule has 0 aliphatic heterocycles. The van der Waals surface area contributed by atoms with Gasteiger partial charge in [0, 0.05) is 6.42 Å². The Morgan fingerprint density at radius 2 is 2.05 bits per heavy atom. The molecule has 0 aliphatic carbocycles. The maximum Gasteiger partial charge on any atom is 0.251 e. The van der Waals surface area contributed by atoms with Crippen LogP contribution < -0.4 is 10.1 Å². The van der Waals surface area contributed by atoms with Crippen molar-refractivity contribution in [2.45, 2.75) is 26.2 Å². The molecule has 0 saturated heterocycles. The van der Waals surface area contributed by atoms with Gasteiger partial charge in [0.15, 0.2) is 0 Å². The number of benzene rings is 1. The molecule has 0 fully saturated rings. The molecule has 2 rings (SSSR count). The first-order valence-electron chi connectivity index (χ1n) is 7.01. The van der Waals surface area contributed by atoms with Crippen molar-refractivity contribution in [3.63, 3.8) is 0 Å². The number of aromatic nitrogens is 2. The molecule has 1 N–H and O–H groups in total. The van der Waals surface area contributed by atoms with E-state index in [1.54, 1.807) is 7.11 Å².